The van der Waals surface area contributed by atoms with Crippen LogP contribution in [0.5, 0.6) is 5.75 Å². The van der Waals surface area contributed by atoms with Crippen molar-refractivity contribution in [3.63, 3.8) is 0 Å². The van der Waals surface area contributed by atoms with E-state index in [0.717, 1.165) is 40.3 Å². The van der Waals surface area contributed by atoms with Gasteiger partial charge >= 0.3 is 0 Å². The van der Waals surface area contributed by atoms with E-state index < -0.39 is 34.0 Å². The van der Waals surface area contributed by atoms with Gasteiger partial charge < -0.3 is 25.8 Å². The van der Waals surface area contributed by atoms with Crippen molar-refractivity contribution in [3.8, 4) is 5.75 Å². The van der Waals surface area contributed by atoms with E-state index >= 15 is 0 Å². The van der Waals surface area contributed by atoms with Crippen LogP contribution < -0.4 is 25.0 Å². The molecule has 0 unspecified atom stereocenters. The average Bonchev–Trinajstić information content (AvgIpc) is 3.80. The molecule has 3 aromatic rings. The van der Waals surface area contributed by atoms with Crippen molar-refractivity contribution < 1.29 is 27.9 Å². The monoisotopic (exact) mass is 608 g/mol. The van der Waals surface area contributed by atoms with E-state index in [0.29, 0.717) is 0 Å². The Balaban J connectivity index is 1.47. The summed E-state index contributed by atoms with van der Waals surface area (Å²) in [6, 6.07) is 20.5. The molecule has 0 heterocycles. The summed E-state index contributed by atoms with van der Waals surface area (Å²) in [4.78, 5) is 26.6. The fourth-order valence-electron chi connectivity index (χ4n) is 4.83. The summed E-state index contributed by atoms with van der Waals surface area (Å²) in [6.07, 6.45) is 1.97. The Kier molecular flexibility index (Phi) is 9.79. The Hall–Kier alpha value is -3.93. The molecule has 4 rings (SSSR count). The normalized spacial score (nSPS) is 16.0. The highest BCUT2D eigenvalue weighted by Gasteiger charge is 2.44. The SMILES string of the molecule is COc1cccc(C2(NC[C@@H](O)[C@H](C)NC(=O)c3cc(C(=O)N[C@H](C)c4ccccc4)cc(N(C)S(C)(=O)=O)c3)CC2)c1. The third kappa shape index (κ3) is 7.92. The summed E-state index contributed by atoms with van der Waals surface area (Å²) in [6.45, 7) is 3.77. The van der Waals surface area contributed by atoms with Crippen LogP contribution in [0.2, 0.25) is 0 Å². The Labute approximate surface area is 253 Å². The van der Waals surface area contributed by atoms with Gasteiger partial charge in [-0.2, -0.15) is 0 Å². The molecule has 3 atom stereocenters. The summed E-state index contributed by atoms with van der Waals surface area (Å²) in [5.41, 5.74) is 2.11. The zero-order valence-electron chi connectivity index (χ0n) is 25.1. The Morgan fingerprint density at radius 3 is 2.16 bits per heavy atom. The number of nitrogens with one attached hydrogen (secondary N) is 3. The van der Waals surface area contributed by atoms with Crippen LogP contribution in [-0.4, -0.2) is 64.4 Å². The Morgan fingerprint density at radius 2 is 1.58 bits per heavy atom. The van der Waals surface area contributed by atoms with E-state index in [1.165, 1.54) is 25.2 Å². The smallest absolute Gasteiger partial charge is 0.251 e. The van der Waals surface area contributed by atoms with Gasteiger partial charge in [-0.25, -0.2) is 8.42 Å². The van der Waals surface area contributed by atoms with Crippen molar-refractivity contribution in [1.29, 1.82) is 0 Å². The molecule has 3 aromatic carbocycles. The number of hydrogen-bond acceptors (Lipinski definition) is 7. The van der Waals surface area contributed by atoms with Gasteiger partial charge in [0.1, 0.15) is 5.75 Å². The van der Waals surface area contributed by atoms with Crippen LogP contribution in [0.4, 0.5) is 5.69 Å². The summed E-state index contributed by atoms with van der Waals surface area (Å²) in [7, 11) is -0.696. The number of nitrogens with zero attached hydrogens (tertiary/aromatic N) is 1. The zero-order chi connectivity index (χ0) is 31.4. The van der Waals surface area contributed by atoms with Gasteiger partial charge in [0, 0.05) is 30.3 Å². The van der Waals surface area contributed by atoms with Gasteiger partial charge in [-0.3, -0.25) is 13.9 Å². The van der Waals surface area contributed by atoms with E-state index in [4.69, 9.17) is 4.74 Å². The number of ether oxygens (including phenoxy) is 1. The molecule has 43 heavy (non-hydrogen) atoms. The van der Waals surface area contributed by atoms with E-state index in [9.17, 15) is 23.1 Å². The maximum atomic E-state index is 13.4. The molecule has 0 radical (unpaired) electrons. The molecule has 1 aliphatic carbocycles. The predicted molar refractivity (Wildman–Crippen MR) is 167 cm³/mol. The maximum absolute atomic E-state index is 13.4. The molecule has 1 fully saturated rings. The van der Waals surface area contributed by atoms with Crippen LogP contribution in [0, 0.1) is 0 Å². The molecule has 2 amide bonds. The molecule has 10 nitrogen and oxygen atoms in total. The van der Waals surface area contributed by atoms with Crippen molar-refractivity contribution in [2.24, 2.45) is 0 Å². The predicted octanol–water partition coefficient (Wildman–Crippen LogP) is 3.34. The number of amides is 2. The van der Waals surface area contributed by atoms with Gasteiger partial charge in [0.05, 0.1) is 37.2 Å². The van der Waals surface area contributed by atoms with Crippen molar-refractivity contribution >= 4 is 27.5 Å². The number of carbonyl (C=O) groups excluding carboxylic acids is 2. The van der Waals surface area contributed by atoms with Crippen molar-refractivity contribution in [3.05, 3.63) is 95.1 Å². The molecule has 4 N–H and O–H groups in total. The van der Waals surface area contributed by atoms with Gasteiger partial charge in [-0.1, -0.05) is 42.5 Å². The summed E-state index contributed by atoms with van der Waals surface area (Å²) < 4.78 is 31.0. The van der Waals surface area contributed by atoms with Gasteiger partial charge in [0.2, 0.25) is 10.0 Å². The Morgan fingerprint density at radius 1 is 0.953 bits per heavy atom. The van der Waals surface area contributed by atoms with Crippen molar-refractivity contribution in [2.75, 3.05) is 31.3 Å². The third-order valence-electron chi connectivity index (χ3n) is 7.91. The number of aliphatic hydroxyl groups is 1. The molecule has 0 bridgehead atoms. The largest absolute Gasteiger partial charge is 0.497 e. The molecular formula is C32H40N4O6S. The molecule has 0 aromatic heterocycles. The fraction of sp³-hybridized carbons (Fsp3) is 0.375. The molecule has 1 aliphatic rings. The number of aliphatic hydroxyl groups excluding tert-OH is 1. The third-order valence-corrected chi connectivity index (χ3v) is 9.11. The first-order chi connectivity index (χ1) is 20.3. The fourth-order valence-corrected chi connectivity index (χ4v) is 5.32. The van der Waals surface area contributed by atoms with Crippen LogP contribution in [0.3, 0.4) is 0 Å². The minimum Gasteiger partial charge on any atom is -0.497 e. The average molecular weight is 609 g/mol. The van der Waals surface area contributed by atoms with Gasteiger partial charge in [0.15, 0.2) is 0 Å². The standard InChI is InChI=1S/C32H40N4O6S/c1-21(23-10-7-6-8-11-23)34-30(38)24-16-25(18-27(17-24)36(3)43(5,40)41)31(39)35-22(2)29(37)20-33-32(14-15-32)26-12-9-13-28(19-26)42-4/h6-13,16-19,21-22,29,33,37H,14-15,20H2,1-5H3,(H,34,38)(H,35,39)/t21-,22+,29-/m1/s1. The first kappa shape index (κ1) is 32.0. The molecule has 0 saturated heterocycles. The number of rotatable bonds is 13. The molecule has 0 aliphatic heterocycles. The minimum absolute atomic E-state index is 0.0903. The number of methoxy groups -OCH3 is 1. The summed E-state index contributed by atoms with van der Waals surface area (Å²) in [5.74, 6) is -0.244. The topological polar surface area (TPSA) is 137 Å². The van der Waals surface area contributed by atoms with E-state index in [-0.39, 0.29) is 34.9 Å². The number of benzene rings is 3. The second kappa shape index (κ2) is 13.2. The first-order valence-corrected chi connectivity index (χ1v) is 16.0. The molecule has 1 saturated carbocycles. The number of hydrogen-bond donors (Lipinski definition) is 4. The highest BCUT2D eigenvalue weighted by Crippen LogP contribution is 2.46. The lowest BCUT2D eigenvalue weighted by Crippen LogP contribution is -2.47. The van der Waals surface area contributed by atoms with Crippen LogP contribution in [-0.2, 0) is 15.6 Å². The summed E-state index contributed by atoms with van der Waals surface area (Å²) >= 11 is 0. The number of sulfonamides is 1. The van der Waals surface area contributed by atoms with E-state index in [1.807, 2.05) is 61.5 Å². The lowest BCUT2D eigenvalue weighted by Gasteiger charge is -2.25. The highest BCUT2D eigenvalue weighted by molar-refractivity contribution is 7.92. The van der Waals surface area contributed by atoms with E-state index in [1.54, 1.807) is 14.0 Å². The van der Waals surface area contributed by atoms with Gasteiger partial charge in [0.25, 0.3) is 11.8 Å². The van der Waals surface area contributed by atoms with Crippen LogP contribution in [0.1, 0.15) is 64.6 Å². The number of carbonyl (C=O) groups is 2. The quantitative estimate of drug-likeness (QED) is 0.234. The highest BCUT2D eigenvalue weighted by atomic mass is 32.2. The lowest BCUT2D eigenvalue weighted by atomic mass is 10.0. The number of anilines is 1. The zero-order valence-corrected chi connectivity index (χ0v) is 25.9. The second-order valence-electron chi connectivity index (χ2n) is 11.1. The molecule has 0 spiro atoms. The maximum Gasteiger partial charge on any atom is 0.251 e. The van der Waals surface area contributed by atoms with E-state index in [2.05, 4.69) is 16.0 Å². The summed E-state index contributed by atoms with van der Waals surface area (Å²) in [5, 5.41) is 20.0. The molecule has 230 valence electrons. The van der Waals surface area contributed by atoms with Crippen LogP contribution >= 0.6 is 0 Å². The molecule has 11 heteroatoms. The van der Waals surface area contributed by atoms with Crippen molar-refractivity contribution in [2.45, 2.75) is 50.4 Å². The Bertz CT molecular complexity index is 1560. The van der Waals surface area contributed by atoms with Gasteiger partial charge in [-0.15, -0.1) is 0 Å². The van der Waals surface area contributed by atoms with Crippen molar-refractivity contribution in [1.82, 2.24) is 16.0 Å². The minimum atomic E-state index is -3.67. The van der Waals surface area contributed by atoms with Crippen LogP contribution in [0.25, 0.3) is 0 Å². The second-order valence-corrected chi connectivity index (χ2v) is 13.1. The molecular weight excluding hydrogens is 568 g/mol. The first-order valence-electron chi connectivity index (χ1n) is 14.2. The van der Waals surface area contributed by atoms with Crippen LogP contribution in [0.15, 0.2) is 72.8 Å². The lowest BCUT2D eigenvalue weighted by molar-refractivity contribution is 0.0843. The van der Waals surface area contributed by atoms with Gasteiger partial charge in [-0.05, 0) is 68.1 Å².